The van der Waals surface area contributed by atoms with Gasteiger partial charge in [-0.3, -0.25) is 0 Å². The Kier molecular flexibility index (Phi) is 26.3. The summed E-state index contributed by atoms with van der Waals surface area (Å²) in [6, 6.07) is 0. The zero-order valence-electron chi connectivity index (χ0n) is 13.8. The van der Waals surface area contributed by atoms with Crippen molar-refractivity contribution in [1.82, 2.24) is 0 Å². The van der Waals surface area contributed by atoms with Crippen molar-refractivity contribution in [2.24, 2.45) is 0 Å². The summed E-state index contributed by atoms with van der Waals surface area (Å²) < 4.78 is 0. The molecule has 0 aromatic carbocycles. The van der Waals surface area contributed by atoms with Crippen molar-refractivity contribution in [3.8, 4) is 0 Å². The minimum atomic E-state index is 0. The van der Waals surface area contributed by atoms with Gasteiger partial charge in [0.25, 0.3) is 0 Å². The first-order chi connectivity index (χ1) is 8.91. The van der Waals surface area contributed by atoms with Gasteiger partial charge in [0.05, 0.1) is 0 Å². The van der Waals surface area contributed by atoms with Crippen LogP contribution in [0.15, 0.2) is 0 Å². The molecule has 0 unspecified atom stereocenters. The molecule has 0 aliphatic rings. The average Bonchev–Trinajstić information content (AvgIpc) is 2.39. The van der Waals surface area contributed by atoms with E-state index in [1.807, 2.05) is 0 Å². The normalized spacial score (nSPS) is 10.4. The predicted octanol–water partition coefficient (Wildman–Crippen LogP) is 3.29. The molecule has 0 N–H and O–H groups in total. The Balaban J connectivity index is 0. The Morgan fingerprint density at radius 1 is 0.632 bits per heavy atom. The molecule has 0 rings (SSSR count). The van der Waals surface area contributed by atoms with Crippen LogP contribution in [0.25, 0.3) is 5.32 Å². The second-order valence-corrected chi connectivity index (χ2v) is 5.41. The fourth-order valence-electron chi connectivity index (χ4n) is 2.29. The van der Waals surface area contributed by atoms with Gasteiger partial charge < -0.3 is 12.2 Å². The van der Waals surface area contributed by atoms with Gasteiger partial charge >= 0.3 is 51.4 Å². The van der Waals surface area contributed by atoms with Gasteiger partial charge in [-0.15, -0.1) is 6.54 Å². The third-order valence-corrected chi connectivity index (χ3v) is 3.49. The molecule has 0 heterocycles. The molecule has 19 heavy (non-hydrogen) atoms. The van der Waals surface area contributed by atoms with Gasteiger partial charge in [-0.2, -0.15) is 6.54 Å². The van der Waals surface area contributed by atoms with Crippen molar-refractivity contribution < 1.29 is 51.4 Å². The predicted molar refractivity (Wildman–Crippen MR) is 84.1 cm³/mol. The van der Waals surface area contributed by atoms with E-state index in [0.29, 0.717) is 0 Å². The van der Waals surface area contributed by atoms with Crippen LogP contribution in [-0.4, -0.2) is 13.1 Å². The molecular weight excluding hydrogens is 257 g/mol. The molecule has 1 nitrogen and oxygen atoms in total. The summed E-state index contributed by atoms with van der Waals surface area (Å²) in [5.41, 5.74) is 0. The minimum absolute atomic E-state index is 0. The fourth-order valence-corrected chi connectivity index (χ4v) is 2.29. The van der Waals surface area contributed by atoms with Gasteiger partial charge in [0.2, 0.25) is 0 Å². The first-order valence-electron chi connectivity index (χ1n) is 8.34. The quantitative estimate of drug-likeness (QED) is 0.250. The van der Waals surface area contributed by atoms with E-state index in [1.54, 1.807) is 0 Å². The Hall–Kier alpha value is 1.60. The van der Waals surface area contributed by atoms with Crippen molar-refractivity contribution >= 4 is 0 Å². The van der Waals surface area contributed by atoms with Crippen LogP contribution in [0.1, 0.15) is 90.4 Å². The zero-order valence-corrected chi connectivity index (χ0v) is 16.9. The van der Waals surface area contributed by atoms with Crippen LogP contribution in [0.4, 0.5) is 0 Å². The van der Waals surface area contributed by atoms with Crippen LogP contribution in [0.5, 0.6) is 0 Å². The maximum atomic E-state index is 4.41. The Morgan fingerprint density at radius 2 is 1.05 bits per heavy atom. The number of hydrogen-bond acceptors (Lipinski definition) is 0. The molecule has 0 saturated heterocycles. The molecule has 0 aromatic heterocycles. The molecule has 0 spiro atoms. The number of rotatable bonds is 15. The molecule has 0 saturated carbocycles. The van der Waals surface area contributed by atoms with Crippen LogP contribution in [0.3, 0.4) is 0 Å². The van der Waals surface area contributed by atoms with Crippen molar-refractivity contribution in [3.05, 3.63) is 12.2 Å². The molecule has 0 amide bonds. The van der Waals surface area contributed by atoms with E-state index in [2.05, 4.69) is 19.2 Å². The van der Waals surface area contributed by atoms with E-state index in [1.165, 1.54) is 77.0 Å². The third kappa shape index (κ3) is 22.0. The summed E-state index contributed by atoms with van der Waals surface area (Å²) in [5.74, 6) is 0. The summed E-state index contributed by atoms with van der Waals surface area (Å²) >= 11 is 0. The number of hydrogen-bond donors (Lipinski definition) is 0. The monoisotopic (exact) mass is 292 g/mol. The second-order valence-electron chi connectivity index (χ2n) is 5.41. The van der Waals surface area contributed by atoms with E-state index in [9.17, 15) is 0 Å². The fraction of sp³-hybridized carbons (Fsp3) is 0.941. The Labute approximate surface area is 165 Å². The third-order valence-electron chi connectivity index (χ3n) is 3.49. The molecule has 0 radical (unpaired) electrons. The maximum absolute atomic E-state index is 4.41. The minimum Gasteiger partial charge on any atom is -0.664 e. The largest absolute Gasteiger partial charge is 1.00 e. The standard InChI is InChI=1S/C17H35N.K/c1-3-5-6-7-8-9-10-11-12-13-14-15-17-18-16-4-2;/h2-17H2,1H3;/q-2;+1. The Bertz CT molecular complexity index is 123. The number of unbranched alkanes of at least 4 members (excludes halogenated alkanes) is 11. The van der Waals surface area contributed by atoms with Crippen LogP contribution < -0.4 is 51.4 Å². The topological polar surface area (TPSA) is 14.1 Å². The van der Waals surface area contributed by atoms with E-state index < -0.39 is 0 Å². The first kappa shape index (κ1) is 22.9. The van der Waals surface area contributed by atoms with Gasteiger partial charge in [0.1, 0.15) is 0 Å². The molecule has 0 aliphatic carbocycles. The summed E-state index contributed by atoms with van der Waals surface area (Å²) in [7, 11) is 0. The molecule has 110 valence electrons. The smallest absolute Gasteiger partial charge is 0.664 e. The van der Waals surface area contributed by atoms with E-state index in [4.69, 9.17) is 0 Å². The van der Waals surface area contributed by atoms with Crippen LogP contribution in [-0.2, 0) is 0 Å². The molecule has 2 heteroatoms. The van der Waals surface area contributed by atoms with Crippen LogP contribution >= 0.6 is 0 Å². The maximum Gasteiger partial charge on any atom is 1.00 e. The Morgan fingerprint density at radius 3 is 1.47 bits per heavy atom. The van der Waals surface area contributed by atoms with Gasteiger partial charge in [-0.05, 0) is 0 Å². The van der Waals surface area contributed by atoms with Crippen molar-refractivity contribution in [1.29, 1.82) is 0 Å². The van der Waals surface area contributed by atoms with Gasteiger partial charge in [0, 0.05) is 0 Å². The molecular formula is C17H35KN-. The summed E-state index contributed by atoms with van der Waals surface area (Å²) in [6.45, 7) is 8.09. The zero-order chi connectivity index (χ0) is 13.3. The molecule has 0 aromatic rings. The molecule has 0 bridgehead atoms. The van der Waals surface area contributed by atoms with Gasteiger partial charge in [0.15, 0.2) is 0 Å². The summed E-state index contributed by atoms with van der Waals surface area (Å²) in [6.07, 6.45) is 18.0. The van der Waals surface area contributed by atoms with Gasteiger partial charge in [-0.1, -0.05) is 84.0 Å². The van der Waals surface area contributed by atoms with E-state index in [0.717, 1.165) is 19.5 Å². The van der Waals surface area contributed by atoms with Crippen molar-refractivity contribution in [3.63, 3.8) is 0 Å². The molecule has 0 aliphatic heterocycles. The first-order valence-corrected chi connectivity index (χ1v) is 8.34. The van der Waals surface area contributed by atoms with Gasteiger partial charge in [-0.25, -0.2) is 6.42 Å². The van der Waals surface area contributed by atoms with Crippen molar-refractivity contribution in [2.45, 2.75) is 90.4 Å². The summed E-state index contributed by atoms with van der Waals surface area (Å²) in [5, 5.41) is 4.41. The molecule has 0 atom stereocenters. The molecule has 0 fully saturated rings. The average molecular weight is 293 g/mol. The SMILES string of the molecule is [CH2-]CC[N-]CCCCCCCCCCCCCC.[K+]. The number of nitrogens with zero attached hydrogens (tertiary/aromatic N) is 1. The van der Waals surface area contributed by atoms with E-state index >= 15 is 0 Å². The van der Waals surface area contributed by atoms with Crippen LogP contribution in [0, 0.1) is 6.92 Å². The second kappa shape index (κ2) is 21.9. The van der Waals surface area contributed by atoms with E-state index in [-0.39, 0.29) is 51.4 Å². The summed E-state index contributed by atoms with van der Waals surface area (Å²) in [4.78, 5) is 0. The van der Waals surface area contributed by atoms with Crippen molar-refractivity contribution in [2.75, 3.05) is 13.1 Å². The van der Waals surface area contributed by atoms with Crippen LogP contribution in [0.2, 0.25) is 0 Å².